The minimum Gasteiger partial charge on any atom is -0.494 e. The Morgan fingerprint density at radius 2 is 1.73 bits per heavy atom. The second-order valence-corrected chi connectivity index (χ2v) is 8.02. The monoisotopic (exact) mass is 450 g/mol. The third-order valence-electron chi connectivity index (χ3n) is 5.96. The van der Waals surface area contributed by atoms with Gasteiger partial charge < -0.3 is 25.0 Å². The summed E-state index contributed by atoms with van der Waals surface area (Å²) in [5.41, 5.74) is 3.00. The number of carbonyl (C=O) groups is 2. The average Bonchev–Trinajstić information content (AvgIpc) is 2.85. The Balaban J connectivity index is 1.53. The zero-order valence-corrected chi connectivity index (χ0v) is 19.0. The van der Waals surface area contributed by atoms with E-state index in [1.165, 1.54) is 12.8 Å². The maximum absolute atomic E-state index is 12.8. The number of hydrogen-bond acceptors (Lipinski definition) is 6. The highest BCUT2D eigenvalue weighted by molar-refractivity contribution is 5.95. The number of anilines is 1. The molecule has 1 fully saturated rings. The van der Waals surface area contributed by atoms with E-state index in [0.29, 0.717) is 24.4 Å². The number of esters is 1. The number of urea groups is 1. The van der Waals surface area contributed by atoms with Crippen LogP contribution in [0.2, 0.25) is 0 Å². The third kappa shape index (κ3) is 5.28. The molecular weight excluding hydrogens is 420 g/mol. The van der Waals surface area contributed by atoms with Crippen molar-refractivity contribution in [2.45, 2.75) is 13.0 Å². The lowest BCUT2D eigenvalue weighted by Gasteiger charge is -2.38. The number of methoxy groups -OCH3 is 1. The van der Waals surface area contributed by atoms with Crippen LogP contribution in [0.25, 0.3) is 0 Å². The number of hydrogen-bond donors (Lipinski definition) is 2. The molecule has 0 radical (unpaired) electrons. The van der Waals surface area contributed by atoms with Gasteiger partial charge in [-0.3, -0.25) is 4.90 Å². The van der Waals surface area contributed by atoms with E-state index in [-0.39, 0.29) is 6.03 Å². The third-order valence-corrected chi connectivity index (χ3v) is 5.96. The summed E-state index contributed by atoms with van der Waals surface area (Å²) in [5.74, 6) is 0.279. The lowest BCUT2D eigenvalue weighted by atomic mass is 9.95. The standard InChI is InChI=1S/C25H30N4O4/c1-3-33-20-11-9-18(10-12-20)23-22(24(30)32-2)21(26-25(31)27-23)17-28-13-15-29(16-14-28)19-7-5-4-6-8-19/h4-12,23H,3,13-17H2,1-2H3,(H2,26,27,31)/t23-/m0/s1. The first-order valence-electron chi connectivity index (χ1n) is 11.2. The molecule has 2 aliphatic rings. The fourth-order valence-electron chi connectivity index (χ4n) is 4.29. The van der Waals surface area contributed by atoms with Crippen LogP contribution in [0.4, 0.5) is 10.5 Å². The van der Waals surface area contributed by atoms with Gasteiger partial charge in [-0.25, -0.2) is 9.59 Å². The maximum atomic E-state index is 12.8. The Labute approximate surface area is 194 Å². The molecule has 8 heteroatoms. The molecule has 1 saturated heterocycles. The van der Waals surface area contributed by atoms with Crippen LogP contribution < -0.4 is 20.3 Å². The zero-order valence-electron chi connectivity index (χ0n) is 19.0. The summed E-state index contributed by atoms with van der Waals surface area (Å²) in [6, 6.07) is 16.8. The molecule has 0 saturated carbocycles. The average molecular weight is 451 g/mol. The Hall–Kier alpha value is -3.52. The van der Waals surface area contributed by atoms with Crippen molar-refractivity contribution < 1.29 is 19.1 Å². The van der Waals surface area contributed by atoms with E-state index < -0.39 is 12.0 Å². The Morgan fingerprint density at radius 1 is 1.03 bits per heavy atom. The maximum Gasteiger partial charge on any atom is 0.338 e. The second-order valence-electron chi connectivity index (χ2n) is 8.02. The summed E-state index contributed by atoms with van der Waals surface area (Å²) in [4.78, 5) is 29.9. The molecule has 33 heavy (non-hydrogen) atoms. The first-order chi connectivity index (χ1) is 16.1. The van der Waals surface area contributed by atoms with Gasteiger partial charge in [0.25, 0.3) is 0 Å². The number of para-hydroxylation sites is 1. The summed E-state index contributed by atoms with van der Waals surface area (Å²) in [7, 11) is 1.36. The van der Waals surface area contributed by atoms with Gasteiger partial charge in [-0.05, 0) is 36.8 Å². The van der Waals surface area contributed by atoms with Gasteiger partial charge in [0, 0.05) is 44.1 Å². The summed E-state index contributed by atoms with van der Waals surface area (Å²) >= 11 is 0. The van der Waals surface area contributed by atoms with Crippen LogP contribution in [0.3, 0.4) is 0 Å². The normalized spacial score (nSPS) is 19.0. The number of piperazine rings is 1. The SMILES string of the molecule is CCOc1ccc([C@@H]2NC(=O)NC(CN3CCN(c4ccccc4)CC3)=C2C(=O)OC)cc1. The summed E-state index contributed by atoms with van der Waals surface area (Å²) in [6.07, 6.45) is 0. The molecule has 2 aromatic carbocycles. The van der Waals surface area contributed by atoms with E-state index in [9.17, 15) is 9.59 Å². The highest BCUT2D eigenvalue weighted by atomic mass is 16.5. The molecule has 2 heterocycles. The van der Waals surface area contributed by atoms with E-state index in [2.05, 4.69) is 32.6 Å². The first-order valence-corrected chi connectivity index (χ1v) is 11.2. The Morgan fingerprint density at radius 3 is 2.36 bits per heavy atom. The van der Waals surface area contributed by atoms with Gasteiger partial charge in [-0.1, -0.05) is 30.3 Å². The molecule has 0 unspecified atom stereocenters. The van der Waals surface area contributed by atoms with E-state index in [1.54, 1.807) is 0 Å². The van der Waals surface area contributed by atoms with Crippen molar-refractivity contribution in [2.75, 3.05) is 51.3 Å². The topological polar surface area (TPSA) is 83.1 Å². The largest absolute Gasteiger partial charge is 0.494 e. The molecule has 174 valence electrons. The summed E-state index contributed by atoms with van der Waals surface area (Å²) in [6.45, 7) is 6.35. The van der Waals surface area contributed by atoms with Crippen LogP contribution in [0, 0.1) is 0 Å². The fourth-order valence-corrected chi connectivity index (χ4v) is 4.29. The Kier molecular flexibility index (Phi) is 7.14. The minimum absolute atomic E-state index is 0.334. The molecule has 2 N–H and O–H groups in total. The molecule has 0 aromatic heterocycles. The number of carbonyl (C=O) groups excluding carboxylic acids is 2. The second kappa shape index (κ2) is 10.4. The number of amides is 2. The number of benzene rings is 2. The van der Waals surface area contributed by atoms with Crippen LogP contribution >= 0.6 is 0 Å². The first kappa shape index (κ1) is 22.7. The smallest absolute Gasteiger partial charge is 0.338 e. The zero-order chi connectivity index (χ0) is 23.2. The van der Waals surface area contributed by atoms with E-state index in [0.717, 1.165) is 37.5 Å². The van der Waals surface area contributed by atoms with Gasteiger partial charge in [0.1, 0.15) is 5.75 Å². The molecular formula is C25H30N4O4. The van der Waals surface area contributed by atoms with Crippen LogP contribution in [-0.2, 0) is 9.53 Å². The quantitative estimate of drug-likeness (QED) is 0.631. The van der Waals surface area contributed by atoms with Crippen molar-refractivity contribution in [3.05, 3.63) is 71.4 Å². The molecule has 1 atom stereocenters. The van der Waals surface area contributed by atoms with Crippen LogP contribution in [0.5, 0.6) is 5.75 Å². The van der Waals surface area contributed by atoms with Crippen molar-refractivity contribution >= 4 is 17.7 Å². The van der Waals surface area contributed by atoms with Crippen molar-refractivity contribution in [3.8, 4) is 5.75 Å². The summed E-state index contributed by atoms with van der Waals surface area (Å²) < 4.78 is 10.6. The number of nitrogens with zero attached hydrogens (tertiary/aromatic N) is 2. The van der Waals surface area contributed by atoms with Gasteiger partial charge >= 0.3 is 12.0 Å². The summed E-state index contributed by atoms with van der Waals surface area (Å²) in [5, 5.41) is 5.72. The van der Waals surface area contributed by atoms with Crippen molar-refractivity contribution in [3.63, 3.8) is 0 Å². The molecule has 0 aliphatic carbocycles. The van der Waals surface area contributed by atoms with Gasteiger partial charge in [-0.15, -0.1) is 0 Å². The van der Waals surface area contributed by atoms with Crippen molar-refractivity contribution in [1.29, 1.82) is 0 Å². The minimum atomic E-state index is -0.595. The number of nitrogens with one attached hydrogen (secondary N) is 2. The molecule has 2 aliphatic heterocycles. The number of rotatable bonds is 7. The lowest BCUT2D eigenvalue weighted by Crippen LogP contribution is -2.51. The van der Waals surface area contributed by atoms with E-state index in [1.807, 2.05) is 49.4 Å². The molecule has 8 nitrogen and oxygen atoms in total. The highest BCUT2D eigenvalue weighted by Crippen LogP contribution is 2.29. The molecule has 4 rings (SSSR count). The van der Waals surface area contributed by atoms with Gasteiger partial charge in [-0.2, -0.15) is 0 Å². The van der Waals surface area contributed by atoms with Crippen LogP contribution in [0.1, 0.15) is 18.5 Å². The lowest BCUT2D eigenvalue weighted by molar-refractivity contribution is -0.136. The number of ether oxygens (including phenoxy) is 2. The highest BCUT2D eigenvalue weighted by Gasteiger charge is 2.34. The van der Waals surface area contributed by atoms with Crippen molar-refractivity contribution in [1.82, 2.24) is 15.5 Å². The van der Waals surface area contributed by atoms with Gasteiger partial charge in [0.05, 0.1) is 25.3 Å². The fraction of sp³-hybridized carbons (Fsp3) is 0.360. The van der Waals surface area contributed by atoms with Gasteiger partial charge in [0.15, 0.2) is 0 Å². The van der Waals surface area contributed by atoms with Crippen molar-refractivity contribution in [2.24, 2.45) is 0 Å². The van der Waals surface area contributed by atoms with Crippen LogP contribution in [-0.4, -0.2) is 63.3 Å². The van der Waals surface area contributed by atoms with Gasteiger partial charge in [0.2, 0.25) is 0 Å². The molecule has 2 amide bonds. The van der Waals surface area contributed by atoms with E-state index in [4.69, 9.17) is 9.47 Å². The molecule has 0 spiro atoms. The Bertz CT molecular complexity index is 999. The molecule has 0 bridgehead atoms. The van der Waals surface area contributed by atoms with E-state index >= 15 is 0 Å². The predicted octanol–water partition coefficient (Wildman–Crippen LogP) is 2.69. The molecule has 2 aromatic rings. The predicted molar refractivity (Wildman–Crippen MR) is 126 cm³/mol. The van der Waals surface area contributed by atoms with Crippen LogP contribution in [0.15, 0.2) is 65.9 Å².